The third kappa shape index (κ3) is 2.43. The summed E-state index contributed by atoms with van der Waals surface area (Å²) in [6, 6.07) is 7.33. The van der Waals surface area contributed by atoms with Crippen LogP contribution in [0, 0.1) is 5.82 Å². The number of halogens is 1. The molecule has 0 saturated carbocycles. The molecule has 0 aliphatic carbocycles. The Morgan fingerprint density at radius 2 is 2.05 bits per heavy atom. The van der Waals surface area contributed by atoms with Crippen LogP contribution in [0.1, 0.15) is 0 Å². The summed E-state index contributed by atoms with van der Waals surface area (Å²) in [4.78, 5) is 7.90. The van der Waals surface area contributed by atoms with E-state index in [1.807, 2.05) is 0 Å². The number of hydrogen-bond donors (Lipinski definition) is 1. The average molecular weight is 286 g/mol. The number of hydrogen-bond acceptors (Lipinski definition) is 5. The van der Waals surface area contributed by atoms with Crippen LogP contribution in [-0.4, -0.2) is 22.2 Å². The van der Waals surface area contributed by atoms with E-state index in [-0.39, 0.29) is 17.5 Å². The van der Waals surface area contributed by atoms with Gasteiger partial charge >= 0.3 is 0 Å². The Kier molecular flexibility index (Phi) is 3.27. The predicted molar refractivity (Wildman–Crippen MR) is 74.2 cm³/mol. The second-order valence-electron chi connectivity index (χ2n) is 4.25. The van der Waals surface area contributed by atoms with E-state index in [2.05, 4.69) is 9.97 Å². The summed E-state index contributed by atoms with van der Waals surface area (Å²) in [6.45, 7) is 0. The lowest BCUT2D eigenvalue weighted by Crippen LogP contribution is -1.94. The van der Waals surface area contributed by atoms with E-state index in [1.165, 1.54) is 37.7 Å². The van der Waals surface area contributed by atoms with E-state index >= 15 is 0 Å². The molecule has 3 aromatic rings. The number of nitrogens with zero attached hydrogens (tertiary/aromatic N) is 2. The number of benzene rings is 1. The van der Waals surface area contributed by atoms with Crippen molar-refractivity contribution in [3.8, 4) is 23.3 Å². The zero-order chi connectivity index (χ0) is 14.8. The van der Waals surface area contributed by atoms with Gasteiger partial charge in [-0.2, -0.15) is 0 Å². The number of pyridine rings is 2. The van der Waals surface area contributed by atoms with Gasteiger partial charge in [0.2, 0.25) is 11.8 Å². The molecule has 21 heavy (non-hydrogen) atoms. The molecule has 0 saturated heterocycles. The number of ether oxygens (including phenoxy) is 2. The first-order chi connectivity index (χ1) is 10.2. The maximum absolute atomic E-state index is 13.2. The van der Waals surface area contributed by atoms with Gasteiger partial charge in [-0.15, -0.1) is 0 Å². The van der Waals surface area contributed by atoms with Crippen LogP contribution in [-0.2, 0) is 0 Å². The summed E-state index contributed by atoms with van der Waals surface area (Å²) in [6.07, 6.45) is 2.92. The lowest BCUT2D eigenvalue weighted by Gasteiger charge is -2.11. The Morgan fingerprint density at radius 1 is 1.19 bits per heavy atom. The zero-order valence-corrected chi connectivity index (χ0v) is 11.1. The molecule has 0 amide bonds. The van der Waals surface area contributed by atoms with Gasteiger partial charge in [0.1, 0.15) is 22.7 Å². The molecule has 0 aliphatic heterocycles. The van der Waals surface area contributed by atoms with Crippen LogP contribution in [0.25, 0.3) is 10.8 Å². The van der Waals surface area contributed by atoms with Crippen molar-refractivity contribution < 1.29 is 19.0 Å². The van der Waals surface area contributed by atoms with Crippen LogP contribution in [0.4, 0.5) is 4.39 Å². The van der Waals surface area contributed by atoms with Crippen molar-refractivity contribution in [3.05, 3.63) is 48.5 Å². The molecular weight excluding hydrogens is 275 g/mol. The molecule has 2 heterocycles. The quantitative estimate of drug-likeness (QED) is 0.800. The largest absolute Gasteiger partial charge is 0.494 e. The van der Waals surface area contributed by atoms with Crippen molar-refractivity contribution >= 4 is 10.8 Å². The first kappa shape index (κ1) is 13.1. The van der Waals surface area contributed by atoms with Gasteiger partial charge in [-0.25, -0.2) is 14.4 Å². The van der Waals surface area contributed by atoms with Gasteiger partial charge in [0.05, 0.1) is 13.3 Å². The average Bonchev–Trinajstić information content (AvgIpc) is 2.47. The Hall–Kier alpha value is -2.89. The first-order valence-electron chi connectivity index (χ1n) is 6.13. The Morgan fingerprint density at radius 3 is 2.81 bits per heavy atom. The molecule has 0 fully saturated rings. The van der Waals surface area contributed by atoms with E-state index in [9.17, 15) is 9.50 Å². The predicted octanol–water partition coefficient (Wildman–Crippen LogP) is 3.28. The van der Waals surface area contributed by atoms with Crippen molar-refractivity contribution in [2.24, 2.45) is 0 Å². The second-order valence-corrected chi connectivity index (χ2v) is 4.25. The third-order valence-electron chi connectivity index (χ3n) is 2.94. The Labute approximate surface area is 119 Å². The van der Waals surface area contributed by atoms with E-state index in [0.717, 1.165) is 0 Å². The minimum Gasteiger partial charge on any atom is -0.494 e. The molecule has 6 heteroatoms. The van der Waals surface area contributed by atoms with Gasteiger partial charge in [-0.3, -0.25) is 0 Å². The highest BCUT2D eigenvalue weighted by molar-refractivity contribution is 5.95. The first-order valence-corrected chi connectivity index (χ1v) is 6.13. The van der Waals surface area contributed by atoms with Crippen molar-refractivity contribution in [2.45, 2.75) is 0 Å². The molecule has 3 rings (SSSR count). The van der Waals surface area contributed by atoms with Crippen molar-refractivity contribution in [3.63, 3.8) is 0 Å². The Bertz CT molecular complexity index is 808. The summed E-state index contributed by atoms with van der Waals surface area (Å²) in [7, 11) is 1.50. The van der Waals surface area contributed by atoms with E-state index in [0.29, 0.717) is 16.5 Å². The molecule has 0 radical (unpaired) electrons. The van der Waals surface area contributed by atoms with Crippen molar-refractivity contribution in [1.82, 2.24) is 9.97 Å². The summed E-state index contributed by atoms with van der Waals surface area (Å²) < 4.78 is 23.9. The standard InChI is InChI=1S/C15H11FN2O3/c1-20-12-8-18-15(13-11(12)5-6-17-14(13)19)21-10-4-2-3-9(16)7-10/h2-8H,1H3,(H,17,19). The van der Waals surface area contributed by atoms with Crippen LogP contribution < -0.4 is 9.47 Å². The maximum atomic E-state index is 13.2. The smallest absolute Gasteiger partial charge is 0.232 e. The van der Waals surface area contributed by atoms with Gasteiger partial charge in [0.15, 0.2) is 0 Å². The van der Waals surface area contributed by atoms with Crippen LogP contribution >= 0.6 is 0 Å². The topological polar surface area (TPSA) is 64.5 Å². The molecule has 0 aliphatic rings. The molecular formula is C15H11FN2O3. The fourth-order valence-corrected chi connectivity index (χ4v) is 2.00. The lowest BCUT2D eigenvalue weighted by atomic mass is 10.2. The fourth-order valence-electron chi connectivity index (χ4n) is 2.00. The van der Waals surface area contributed by atoms with Crippen LogP contribution in [0.2, 0.25) is 0 Å². The molecule has 5 nitrogen and oxygen atoms in total. The number of rotatable bonds is 3. The summed E-state index contributed by atoms with van der Waals surface area (Å²) in [5.41, 5.74) is 0. The van der Waals surface area contributed by atoms with Gasteiger partial charge in [0, 0.05) is 17.6 Å². The molecule has 2 aromatic heterocycles. The SMILES string of the molecule is COc1cnc(Oc2cccc(F)c2)c2c(O)nccc12. The van der Waals surface area contributed by atoms with Gasteiger partial charge < -0.3 is 14.6 Å². The second kappa shape index (κ2) is 5.24. The molecule has 0 bridgehead atoms. The van der Waals surface area contributed by atoms with Gasteiger partial charge in [-0.1, -0.05) is 6.07 Å². The fraction of sp³-hybridized carbons (Fsp3) is 0.0667. The lowest BCUT2D eigenvalue weighted by molar-refractivity contribution is 0.412. The van der Waals surface area contributed by atoms with E-state index in [4.69, 9.17) is 9.47 Å². The molecule has 0 atom stereocenters. The summed E-state index contributed by atoms with van der Waals surface area (Å²) >= 11 is 0. The zero-order valence-electron chi connectivity index (χ0n) is 11.1. The van der Waals surface area contributed by atoms with Gasteiger partial charge in [0.25, 0.3) is 0 Å². The Balaban J connectivity index is 2.15. The molecule has 0 unspecified atom stereocenters. The number of aromatic hydroxyl groups is 1. The van der Waals surface area contributed by atoms with Crippen LogP contribution in [0.3, 0.4) is 0 Å². The van der Waals surface area contributed by atoms with E-state index < -0.39 is 5.82 Å². The maximum Gasteiger partial charge on any atom is 0.232 e. The minimum absolute atomic E-state index is 0.127. The number of aromatic nitrogens is 2. The minimum atomic E-state index is -0.423. The normalized spacial score (nSPS) is 10.6. The van der Waals surface area contributed by atoms with Crippen LogP contribution in [0.5, 0.6) is 23.3 Å². The summed E-state index contributed by atoms with van der Waals surface area (Å²) in [5, 5.41) is 10.9. The third-order valence-corrected chi connectivity index (χ3v) is 2.94. The molecule has 0 spiro atoms. The van der Waals surface area contributed by atoms with Gasteiger partial charge in [-0.05, 0) is 18.2 Å². The highest BCUT2D eigenvalue weighted by Crippen LogP contribution is 2.37. The summed E-state index contributed by atoms with van der Waals surface area (Å²) in [5.74, 6) is 0.228. The number of fused-ring (bicyclic) bond motifs is 1. The number of methoxy groups -OCH3 is 1. The monoisotopic (exact) mass is 286 g/mol. The molecule has 1 N–H and O–H groups in total. The highest BCUT2D eigenvalue weighted by Gasteiger charge is 2.14. The van der Waals surface area contributed by atoms with Crippen molar-refractivity contribution in [2.75, 3.05) is 7.11 Å². The van der Waals surface area contributed by atoms with Crippen molar-refractivity contribution in [1.29, 1.82) is 0 Å². The molecule has 106 valence electrons. The molecule has 1 aromatic carbocycles. The highest BCUT2D eigenvalue weighted by atomic mass is 19.1. The van der Waals surface area contributed by atoms with E-state index in [1.54, 1.807) is 12.1 Å². The van der Waals surface area contributed by atoms with Crippen LogP contribution in [0.15, 0.2) is 42.7 Å².